The topological polar surface area (TPSA) is 42.0 Å². The van der Waals surface area contributed by atoms with E-state index in [-0.39, 0.29) is 5.91 Å². The number of thiophene rings is 1. The number of aryl methyl sites for hydroxylation is 1. The largest absolute Gasteiger partial charge is 0.302 e. The van der Waals surface area contributed by atoms with Gasteiger partial charge >= 0.3 is 0 Å². The number of hydrogen-bond donors (Lipinski definition) is 1. The van der Waals surface area contributed by atoms with Gasteiger partial charge in [-0.3, -0.25) is 4.79 Å². The summed E-state index contributed by atoms with van der Waals surface area (Å²) in [6.45, 7) is 2.13. The van der Waals surface area contributed by atoms with E-state index in [1.165, 1.54) is 28.2 Å². The molecule has 1 N–H and O–H groups in total. The van der Waals surface area contributed by atoms with E-state index in [0.29, 0.717) is 15.9 Å². The summed E-state index contributed by atoms with van der Waals surface area (Å²) in [6.07, 6.45) is 1.34. The van der Waals surface area contributed by atoms with E-state index in [1.807, 2.05) is 11.4 Å². The summed E-state index contributed by atoms with van der Waals surface area (Å²) in [7, 11) is 0. The molecule has 0 unspecified atom stereocenters. The Balaban J connectivity index is 1.65. The lowest BCUT2D eigenvalue weighted by Crippen LogP contribution is -2.13. The molecule has 1 amide bonds. The van der Waals surface area contributed by atoms with Gasteiger partial charge in [-0.15, -0.1) is 22.7 Å². The van der Waals surface area contributed by atoms with Gasteiger partial charge in [-0.1, -0.05) is 42.8 Å². The van der Waals surface area contributed by atoms with Crippen LogP contribution in [0.15, 0.2) is 41.8 Å². The number of thiazole rings is 1. The highest BCUT2D eigenvalue weighted by molar-refractivity contribution is 7.16. The summed E-state index contributed by atoms with van der Waals surface area (Å²) < 4.78 is 0.694. The van der Waals surface area contributed by atoms with Crippen molar-refractivity contribution in [3.05, 3.63) is 56.6 Å². The monoisotopic (exact) mass is 362 g/mol. The van der Waals surface area contributed by atoms with Crippen molar-refractivity contribution in [2.24, 2.45) is 0 Å². The van der Waals surface area contributed by atoms with Crippen molar-refractivity contribution >= 4 is 45.3 Å². The molecular formula is C17H15ClN2OS2. The predicted octanol–water partition coefficient (Wildman–Crippen LogP) is 5.27. The fourth-order valence-electron chi connectivity index (χ4n) is 2.14. The molecule has 0 aliphatic carbocycles. The minimum Gasteiger partial charge on any atom is -0.302 e. The lowest BCUT2D eigenvalue weighted by Gasteiger charge is -2.00. The first kappa shape index (κ1) is 16.2. The second kappa shape index (κ2) is 7.25. The third-order valence-corrected chi connectivity index (χ3v) is 5.36. The molecule has 3 rings (SSSR count). The van der Waals surface area contributed by atoms with Crippen LogP contribution in [0.1, 0.15) is 17.4 Å². The number of rotatable bonds is 5. The summed E-state index contributed by atoms with van der Waals surface area (Å²) in [6, 6.07) is 12.0. The summed E-state index contributed by atoms with van der Waals surface area (Å²) >= 11 is 8.73. The first-order chi connectivity index (χ1) is 11.1. The van der Waals surface area contributed by atoms with E-state index in [2.05, 4.69) is 41.5 Å². The van der Waals surface area contributed by atoms with Gasteiger partial charge < -0.3 is 5.32 Å². The van der Waals surface area contributed by atoms with Crippen LogP contribution in [0.5, 0.6) is 0 Å². The Hall–Kier alpha value is -1.69. The molecule has 0 bridgehead atoms. The second-order valence-electron chi connectivity index (χ2n) is 5.02. The number of nitrogens with one attached hydrogen (secondary N) is 1. The number of aromatic nitrogens is 1. The van der Waals surface area contributed by atoms with Gasteiger partial charge in [0.1, 0.15) is 0 Å². The summed E-state index contributed by atoms with van der Waals surface area (Å²) in [5.41, 5.74) is 3.24. The van der Waals surface area contributed by atoms with Gasteiger partial charge in [-0.2, -0.15) is 0 Å². The SMILES string of the molecule is CCc1ccc(-c2csc(NC(=O)Cc3ccc(Cl)s3)n2)cc1. The predicted molar refractivity (Wildman–Crippen MR) is 98.6 cm³/mol. The maximum Gasteiger partial charge on any atom is 0.231 e. The molecule has 0 aliphatic heterocycles. The zero-order valence-electron chi connectivity index (χ0n) is 12.5. The standard InChI is InChI=1S/C17H15ClN2OS2/c1-2-11-3-5-12(6-4-11)14-10-22-17(19-14)20-16(21)9-13-7-8-15(18)23-13/h3-8,10H,2,9H2,1H3,(H,19,20,21). The molecule has 2 aromatic heterocycles. The Morgan fingerprint density at radius 3 is 2.65 bits per heavy atom. The molecule has 6 heteroatoms. The second-order valence-corrected chi connectivity index (χ2v) is 7.68. The lowest BCUT2D eigenvalue weighted by atomic mass is 10.1. The van der Waals surface area contributed by atoms with Crippen molar-refractivity contribution in [2.45, 2.75) is 19.8 Å². The van der Waals surface area contributed by atoms with Crippen LogP contribution in [0, 0.1) is 0 Å². The van der Waals surface area contributed by atoms with Crippen molar-refractivity contribution in [3.63, 3.8) is 0 Å². The van der Waals surface area contributed by atoms with Gasteiger partial charge in [-0.05, 0) is 24.1 Å². The Kier molecular flexibility index (Phi) is 5.10. The van der Waals surface area contributed by atoms with E-state index in [4.69, 9.17) is 11.6 Å². The van der Waals surface area contributed by atoms with E-state index >= 15 is 0 Å². The fraction of sp³-hybridized carbons (Fsp3) is 0.176. The van der Waals surface area contributed by atoms with Crippen LogP contribution in [0.25, 0.3) is 11.3 Å². The van der Waals surface area contributed by atoms with Gasteiger partial charge in [0.05, 0.1) is 16.5 Å². The highest BCUT2D eigenvalue weighted by Crippen LogP contribution is 2.26. The molecule has 3 nitrogen and oxygen atoms in total. The van der Waals surface area contributed by atoms with Crippen LogP contribution in [-0.4, -0.2) is 10.9 Å². The van der Waals surface area contributed by atoms with Crippen molar-refractivity contribution in [3.8, 4) is 11.3 Å². The van der Waals surface area contributed by atoms with Crippen molar-refractivity contribution in [1.82, 2.24) is 4.98 Å². The van der Waals surface area contributed by atoms with Crippen LogP contribution < -0.4 is 5.32 Å². The summed E-state index contributed by atoms with van der Waals surface area (Å²) in [4.78, 5) is 17.5. The minimum absolute atomic E-state index is 0.0780. The first-order valence-electron chi connectivity index (χ1n) is 7.23. The first-order valence-corrected chi connectivity index (χ1v) is 9.30. The number of benzene rings is 1. The molecule has 0 saturated heterocycles. The summed E-state index contributed by atoms with van der Waals surface area (Å²) in [5.74, 6) is -0.0780. The average molecular weight is 363 g/mol. The van der Waals surface area contributed by atoms with Gasteiger partial charge in [-0.25, -0.2) is 4.98 Å². The summed E-state index contributed by atoms with van der Waals surface area (Å²) in [5, 5.41) is 5.42. The molecule has 118 valence electrons. The number of amides is 1. The molecule has 0 radical (unpaired) electrons. The lowest BCUT2D eigenvalue weighted by molar-refractivity contribution is -0.115. The maximum atomic E-state index is 12.0. The average Bonchev–Trinajstić information content (AvgIpc) is 3.16. The maximum absolute atomic E-state index is 12.0. The van der Waals surface area contributed by atoms with Crippen molar-refractivity contribution in [2.75, 3.05) is 5.32 Å². The Morgan fingerprint density at radius 2 is 2.00 bits per heavy atom. The molecule has 3 aromatic rings. The molecule has 2 heterocycles. The molecule has 0 saturated carbocycles. The molecule has 0 fully saturated rings. The number of anilines is 1. The van der Waals surface area contributed by atoms with Crippen LogP contribution in [0.3, 0.4) is 0 Å². The Bertz CT molecular complexity index is 808. The highest BCUT2D eigenvalue weighted by Gasteiger charge is 2.10. The van der Waals surface area contributed by atoms with Crippen molar-refractivity contribution in [1.29, 1.82) is 0 Å². The van der Waals surface area contributed by atoms with Gasteiger partial charge in [0.2, 0.25) is 5.91 Å². The molecule has 1 aromatic carbocycles. The van der Waals surface area contributed by atoms with Crippen LogP contribution in [0.4, 0.5) is 5.13 Å². The van der Waals surface area contributed by atoms with E-state index in [9.17, 15) is 4.79 Å². The molecule has 23 heavy (non-hydrogen) atoms. The number of carbonyl (C=O) groups excluding carboxylic acids is 1. The third-order valence-electron chi connectivity index (χ3n) is 3.37. The minimum atomic E-state index is -0.0780. The zero-order valence-corrected chi connectivity index (χ0v) is 14.9. The van der Waals surface area contributed by atoms with Gasteiger partial charge in [0, 0.05) is 15.8 Å². The normalized spacial score (nSPS) is 10.7. The van der Waals surface area contributed by atoms with Crippen LogP contribution >= 0.6 is 34.3 Å². The van der Waals surface area contributed by atoms with E-state index in [1.54, 1.807) is 6.07 Å². The van der Waals surface area contributed by atoms with Crippen molar-refractivity contribution < 1.29 is 4.79 Å². The number of halogens is 1. The zero-order chi connectivity index (χ0) is 16.2. The van der Waals surface area contributed by atoms with Gasteiger partial charge in [0.15, 0.2) is 5.13 Å². The number of carbonyl (C=O) groups is 1. The fourth-order valence-corrected chi connectivity index (χ4v) is 3.97. The molecular weight excluding hydrogens is 348 g/mol. The van der Waals surface area contributed by atoms with E-state index in [0.717, 1.165) is 22.6 Å². The quantitative estimate of drug-likeness (QED) is 0.671. The van der Waals surface area contributed by atoms with Gasteiger partial charge in [0.25, 0.3) is 0 Å². The Labute approximate surface area is 148 Å². The van der Waals surface area contributed by atoms with Crippen LogP contribution in [-0.2, 0) is 17.6 Å². The highest BCUT2D eigenvalue weighted by atomic mass is 35.5. The third kappa shape index (κ3) is 4.19. The van der Waals surface area contributed by atoms with E-state index < -0.39 is 0 Å². The molecule has 0 spiro atoms. The smallest absolute Gasteiger partial charge is 0.231 e. The Morgan fingerprint density at radius 1 is 1.22 bits per heavy atom. The van der Waals surface area contributed by atoms with Crippen LogP contribution in [0.2, 0.25) is 4.34 Å². The number of nitrogens with zero attached hydrogens (tertiary/aromatic N) is 1. The molecule has 0 atom stereocenters. The number of hydrogen-bond acceptors (Lipinski definition) is 4. The molecule has 0 aliphatic rings.